The van der Waals surface area contributed by atoms with E-state index in [1.165, 1.54) is 16.5 Å². The minimum absolute atomic E-state index is 0.703. The zero-order valence-corrected chi connectivity index (χ0v) is 11.2. The fourth-order valence-corrected chi connectivity index (χ4v) is 2.95. The van der Waals surface area contributed by atoms with Crippen LogP contribution in [0.15, 0.2) is 24.3 Å². The van der Waals surface area contributed by atoms with E-state index in [0.717, 1.165) is 30.2 Å². The second kappa shape index (κ2) is 4.27. The number of ether oxygens (including phenoxy) is 1. The molecule has 0 unspecified atom stereocenters. The largest absolute Gasteiger partial charge is 0.481 e. The van der Waals surface area contributed by atoms with E-state index in [9.17, 15) is 0 Å². The number of rotatable bonds is 1. The highest BCUT2D eigenvalue weighted by Crippen LogP contribution is 2.37. The lowest BCUT2D eigenvalue weighted by Crippen LogP contribution is -2.22. The van der Waals surface area contributed by atoms with Crippen molar-refractivity contribution >= 4 is 10.9 Å². The van der Waals surface area contributed by atoms with Crippen molar-refractivity contribution < 1.29 is 4.74 Å². The first-order chi connectivity index (χ1) is 8.70. The van der Waals surface area contributed by atoms with Crippen LogP contribution in [-0.4, -0.2) is 12.1 Å². The number of fused-ring (bicyclic) bond motifs is 3. The molecule has 1 aliphatic rings. The molecule has 2 aromatic rings. The van der Waals surface area contributed by atoms with Gasteiger partial charge in [0.05, 0.1) is 12.6 Å². The fourth-order valence-electron chi connectivity index (χ4n) is 2.95. The molecule has 0 saturated carbocycles. The van der Waals surface area contributed by atoms with Crippen molar-refractivity contribution in [1.29, 1.82) is 0 Å². The van der Waals surface area contributed by atoms with Crippen molar-refractivity contribution in [2.24, 2.45) is 11.8 Å². The SMILES string of the molecule is COc1nc2ccccc2c2c1C[C@H](C)[C@@H](C)C2. The Morgan fingerprint density at radius 3 is 2.44 bits per heavy atom. The van der Waals surface area contributed by atoms with Gasteiger partial charge in [-0.2, -0.15) is 0 Å². The first kappa shape index (κ1) is 11.5. The summed E-state index contributed by atoms with van der Waals surface area (Å²) < 4.78 is 5.49. The van der Waals surface area contributed by atoms with Gasteiger partial charge in [0.2, 0.25) is 5.88 Å². The molecule has 0 aliphatic heterocycles. The van der Waals surface area contributed by atoms with Crippen LogP contribution in [0.25, 0.3) is 10.9 Å². The number of para-hydroxylation sites is 1. The number of pyridine rings is 1. The standard InChI is InChI=1S/C16H19NO/c1-10-8-13-12-6-4-5-7-15(12)17-16(18-3)14(13)9-11(10)2/h4-7,10-11H,8-9H2,1-3H3/t10-,11-/m0/s1. The molecule has 0 bridgehead atoms. The van der Waals surface area contributed by atoms with E-state index < -0.39 is 0 Å². The van der Waals surface area contributed by atoms with Gasteiger partial charge in [0, 0.05) is 10.9 Å². The Kier molecular flexibility index (Phi) is 2.73. The summed E-state index contributed by atoms with van der Waals surface area (Å²) in [4.78, 5) is 4.64. The van der Waals surface area contributed by atoms with Gasteiger partial charge < -0.3 is 4.74 Å². The minimum atomic E-state index is 0.703. The molecule has 1 heterocycles. The predicted molar refractivity (Wildman–Crippen MR) is 74.0 cm³/mol. The Bertz CT molecular complexity index is 591. The van der Waals surface area contributed by atoms with Gasteiger partial charge in [0.15, 0.2) is 0 Å². The van der Waals surface area contributed by atoms with E-state index in [4.69, 9.17) is 4.74 Å². The first-order valence-corrected chi connectivity index (χ1v) is 6.65. The summed E-state index contributed by atoms with van der Waals surface area (Å²) in [6, 6.07) is 8.39. The summed E-state index contributed by atoms with van der Waals surface area (Å²) in [5.74, 6) is 2.25. The highest BCUT2D eigenvalue weighted by atomic mass is 16.5. The molecule has 0 spiro atoms. The number of aromatic nitrogens is 1. The van der Waals surface area contributed by atoms with Crippen molar-refractivity contribution in [2.75, 3.05) is 7.11 Å². The second-order valence-electron chi connectivity index (χ2n) is 5.46. The molecule has 0 N–H and O–H groups in total. The minimum Gasteiger partial charge on any atom is -0.481 e. The molecule has 1 aliphatic carbocycles. The quantitative estimate of drug-likeness (QED) is 0.761. The maximum atomic E-state index is 5.49. The van der Waals surface area contributed by atoms with E-state index in [1.54, 1.807) is 7.11 Å². The van der Waals surface area contributed by atoms with Crippen LogP contribution in [0.3, 0.4) is 0 Å². The van der Waals surface area contributed by atoms with Gasteiger partial charge in [-0.15, -0.1) is 0 Å². The third-order valence-corrected chi connectivity index (χ3v) is 4.29. The molecular formula is C16H19NO. The van der Waals surface area contributed by atoms with Crippen LogP contribution >= 0.6 is 0 Å². The van der Waals surface area contributed by atoms with Crippen molar-refractivity contribution in [3.63, 3.8) is 0 Å². The number of hydrogen-bond acceptors (Lipinski definition) is 2. The Labute approximate surface area is 108 Å². The topological polar surface area (TPSA) is 22.1 Å². The maximum absolute atomic E-state index is 5.49. The summed E-state index contributed by atoms with van der Waals surface area (Å²) in [5, 5.41) is 1.30. The van der Waals surface area contributed by atoms with Gasteiger partial charge in [-0.05, 0) is 36.3 Å². The Morgan fingerprint density at radius 2 is 1.72 bits per heavy atom. The van der Waals surface area contributed by atoms with Crippen molar-refractivity contribution in [1.82, 2.24) is 4.98 Å². The predicted octanol–water partition coefficient (Wildman–Crippen LogP) is 3.61. The highest BCUT2D eigenvalue weighted by Gasteiger charge is 2.26. The summed E-state index contributed by atoms with van der Waals surface area (Å²) >= 11 is 0. The second-order valence-corrected chi connectivity index (χ2v) is 5.46. The van der Waals surface area contributed by atoms with Gasteiger partial charge in [-0.1, -0.05) is 32.0 Å². The van der Waals surface area contributed by atoms with E-state index >= 15 is 0 Å². The van der Waals surface area contributed by atoms with Crippen LogP contribution in [-0.2, 0) is 12.8 Å². The average molecular weight is 241 g/mol. The monoisotopic (exact) mass is 241 g/mol. The maximum Gasteiger partial charge on any atom is 0.217 e. The smallest absolute Gasteiger partial charge is 0.217 e. The highest BCUT2D eigenvalue weighted by molar-refractivity contribution is 5.84. The van der Waals surface area contributed by atoms with E-state index in [2.05, 4.69) is 37.0 Å². The zero-order chi connectivity index (χ0) is 12.7. The lowest BCUT2D eigenvalue weighted by atomic mass is 9.77. The van der Waals surface area contributed by atoms with Crippen LogP contribution in [0.5, 0.6) is 5.88 Å². The summed E-state index contributed by atoms with van der Waals surface area (Å²) in [6.07, 6.45) is 2.22. The number of methoxy groups -OCH3 is 1. The summed E-state index contributed by atoms with van der Waals surface area (Å²) in [6.45, 7) is 4.66. The van der Waals surface area contributed by atoms with Gasteiger partial charge in [-0.25, -0.2) is 4.98 Å². The zero-order valence-electron chi connectivity index (χ0n) is 11.2. The molecule has 3 rings (SSSR count). The van der Waals surface area contributed by atoms with Crippen LogP contribution < -0.4 is 4.74 Å². The first-order valence-electron chi connectivity index (χ1n) is 6.65. The molecule has 1 aromatic heterocycles. The third kappa shape index (κ3) is 1.67. The van der Waals surface area contributed by atoms with E-state index in [1.807, 2.05) is 6.07 Å². The van der Waals surface area contributed by atoms with Crippen molar-refractivity contribution in [3.05, 3.63) is 35.4 Å². The number of nitrogens with zero attached hydrogens (tertiary/aromatic N) is 1. The number of hydrogen-bond donors (Lipinski definition) is 0. The van der Waals surface area contributed by atoms with Gasteiger partial charge in [-0.3, -0.25) is 0 Å². The summed E-state index contributed by atoms with van der Waals surface area (Å²) in [7, 11) is 1.72. The average Bonchev–Trinajstić information content (AvgIpc) is 2.39. The molecular weight excluding hydrogens is 222 g/mol. The number of benzene rings is 1. The molecule has 94 valence electrons. The molecule has 2 nitrogen and oxygen atoms in total. The molecule has 2 atom stereocenters. The Balaban J connectivity index is 2.29. The molecule has 0 amide bonds. The van der Waals surface area contributed by atoms with E-state index in [0.29, 0.717) is 5.92 Å². The van der Waals surface area contributed by atoms with Crippen molar-refractivity contribution in [2.45, 2.75) is 26.7 Å². The van der Waals surface area contributed by atoms with Crippen LogP contribution in [0, 0.1) is 11.8 Å². The lowest BCUT2D eigenvalue weighted by Gasteiger charge is -2.29. The van der Waals surface area contributed by atoms with Crippen LogP contribution in [0.4, 0.5) is 0 Å². The third-order valence-electron chi connectivity index (χ3n) is 4.29. The Morgan fingerprint density at radius 1 is 1.06 bits per heavy atom. The Hall–Kier alpha value is -1.57. The molecule has 1 aromatic carbocycles. The van der Waals surface area contributed by atoms with E-state index in [-0.39, 0.29) is 0 Å². The van der Waals surface area contributed by atoms with Crippen molar-refractivity contribution in [3.8, 4) is 5.88 Å². The molecule has 18 heavy (non-hydrogen) atoms. The fraction of sp³-hybridized carbons (Fsp3) is 0.438. The lowest BCUT2D eigenvalue weighted by molar-refractivity contribution is 0.341. The molecule has 0 radical (unpaired) electrons. The van der Waals surface area contributed by atoms with Gasteiger partial charge >= 0.3 is 0 Å². The molecule has 0 fully saturated rings. The van der Waals surface area contributed by atoms with Gasteiger partial charge in [0.25, 0.3) is 0 Å². The van der Waals surface area contributed by atoms with Crippen LogP contribution in [0.2, 0.25) is 0 Å². The normalized spacial score (nSPS) is 22.8. The molecule has 2 heteroatoms. The van der Waals surface area contributed by atoms with Crippen LogP contribution in [0.1, 0.15) is 25.0 Å². The summed E-state index contributed by atoms with van der Waals surface area (Å²) in [5.41, 5.74) is 3.82. The molecule has 0 saturated heterocycles. The van der Waals surface area contributed by atoms with Gasteiger partial charge in [0.1, 0.15) is 0 Å².